The summed E-state index contributed by atoms with van der Waals surface area (Å²) >= 11 is 0. The highest BCUT2D eigenvalue weighted by molar-refractivity contribution is 5.81. The molecule has 0 fully saturated rings. The summed E-state index contributed by atoms with van der Waals surface area (Å²) in [5, 5.41) is 11.5. The third-order valence-electron chi connectivity index (χ3n) is 6.07. The molecule has 0 aliphatic carbocycles. The number of amides is 3. The molecule has 0 aliphatic rings. The molecule has 0 aliphatic heterocycles. The fraction of sp³-hybridized carbons (Fsp3) is 0.812. The summed E-state index contributed by atoms with van der Waals surface area (Å²) in [6.45, 7) is 25.2. The Kier molecular flexibility index (Phi) is 35.1. The van der Waals surface area contributed by atoms with Gasteiger partial charge in [-0.1, -0.05) is 54.5 Å². The molecule has 10 nitrogen and oxygen atoms in total. The fourth-order valence-corrected chi connectivity index (χ4v) is 3.57. The minimum Gasteiger partial charge on any atom is -0.378 e. The number of allylic oxidation sites excluding steroid dienone is 1. The predicted molar refractivity (Wildman–Crippen MR) is 175 cm³/mol. The predicted octanol–water partition coefficient (Wildman–Crippen LogP) is 3.16. The first-order valence-corrected chi connectivity index (χ1v) is 16.0. The van der Waals surface area contributed by atoms with Gasteiger partial charge in [0.1, 0.15) is 5.78 Å². The molecule has 3 amide bonds. The van der Waals surface area contributed by atoms with Crippen molar-refractivity contribution in [3.63, 3.8) is 0 Å². The van der Waals surface area contributed by atoms with E-state index in [4.69, 9.17) is 4.74 Å². The topological polar surface area (TPSA) is 130 Å². The van der Waals surface area contributed by atoms with Crippen LogP contribution in [0.2, 0.25) is 0 Å². The molecular weight excluding hydrogens is 534 g/mol. The van der Waals surface area contributed by atoms with E-state index in [2.05, 4.69) is 27.8 Å². The number of ether oxygens (including phenoxy) is 1. The van der Waals surface area contributed by atoms with Crippen molar-refractivity contribution in [1.82, 2.24) is 21.3 Å². The van der Waals surface area contributed by atoms with Gasteiger partial charge in [0.15, 0.2) is 6.54 Å². The monoisotopic (exact) mass is 603 g/mol. The van der Waals surface area contributed by atoms with E-state index in [1.165, 1.54) is 0 Å². The average Bonchev–Trinajstić information content (AvgIpc) is 2.94. The van der Waals surface area contributed by atoms with E-state index in [-0.39, 0.29) is 35.3 Å². The van der Waals surface area contributed by atoms with Crippen molar-refractivity contribution >= 4 is 24.0 Å². The van der Waals surface area contributed by atoms with Crippen molar-refractivity contribution in [2.45, 2.75) is 132 Å². The van der Waals surface area contributed by atoms with E-state index in [0.29, 0.717) is 64.0 Å². The molecule has 0 spiro atoms. The Morgan fingerprint density at radius 1 is 0.976 bits per heavy atom. The second-order valence-electron chi connectivity index (χ2n) is 10.2. The van der Waals surface area contributed by atoms with Crippen LogP contribution in [0.4, 0.5) is 0 Å². The molecule has 250 valence electrons. The minimum absolute atomic E-state index is 0.0377. The number of ketones is 1. The second kappa shape index (κ2) is 31.6. The van der Waals surface area contributed by atoms with Gasteiger partial charge in [-0.25, -0.2) is 0 Å². The number of hydrogen-bond donors (Lipinski definition) is 5. The molecular formula is C32H68N5O5+. The molecule has 3 unspecified atom stereocenters. The zero-order valence-electron chi connectivity index (χ0n) is 29.3. The Labute approximate surface area is 258 Å². The molecule has 0 aromatic heterocycles. The maximum atomic E-state index is 12.2. The van der Waals surface area contributed by atoms with Crippen LogP contribution in [0.15, 0.2) is 12.3 Å². The zero-order chi connectivity index (χ0) is 33.6. The third kappa shape index (κ3) is 30.7. The smallest absolute Gasteiger partial charge is 0.279 e. The van der Waals surface area contributed by atoms with Crippen molar-refractivity contribution in [1.29, 1.82) is 0 Å². The van der Waals surface area contributed by atoms with E-state index < -0.39 is 0 Å². The summed E-state index contributed by atoms with van der Waals surface area (Å²) in [5.41, 5.74) is 0.370. The van der Waals surface area contributed by atoms with Gasteiger partial charge in [-0.2, -0.15) is 0 Å². The number of likely N-dealkylation sites (N-methyl/N-ethyl adjacent to an activating group) is 2. The Morgan fingerprint density at radius 3 is 2.10 bits per heavy atom. The molecule has 0 heterocycles. The third-order valence-corrected chi connectivity index (χ3v) is 6.07. The lowest BCUT2D eigenvalue weighted by Crippen LogP contribution is -3.11. The summed E-state index contributed by atoms with van der Waals surface area (Å²) in [6.07, 6.45) is 5.52. The molecule has 0 aromatic carbocycles. The van der Waals surface area contributed by atoms with Gasteiger partial charge in [-0.3, -0.25) is 19.2 Å². The van der Waals surface area contributed by atoms with E-state index in [9.17, 15) is 19.2 Å². The van der Waals surface area contributed by atoms with E-state index >= 15 is 0 Å². The maximum absolute atomic E-state index is 12.2. The number of carbonyl (C=O) groups is 4. The standard InChI is InChI=1S/C26H49N5O5.3C2H6/c1-20(10-8-9-11-23(27-6)22(3)33)30-25(35)18-31(7)16-15-28-24(34)13-12-21(2)36-17-14-26(4,5)29-19-32;3*1-2/h19,21,23,27H,1,8-18H2,2-7H3,(H,28,34)(H,29,32)(H,30,35);3*1-2H3/p+1. The van der Waals surface area contributed by atoms with Gasteiger partial charge in [0.25, 0.3) is 5.91 Å². The molecule has 0 saturated carbocycles. The normalized spacial score (nSPS) is 12.3. The number of hydrogen-bond acceptors (Lipinski definition) is 6. The van der Waals surface area contributed by atoms with Crippen LogP contribution in [0.1, 0.15) is 114 Å². The lowest BCUT2D eigenvalue weighted by Gasteiger charge is -2.24. The van der Waals surface area contributed by atoms with Crippen LogP contribution in [0, 0.1) is 0 Å². The number of quaternary nitrogens is 1. The fourth-order valence-electron chi connectivity index (χ4n) is 3.57. The average molecular weight is 603 g/mol. The van der Waals surface area contributed by atoms with Crippen LogP contribution in [-0.4, -0.2) is 82.0 Å². The summed E-state index contributed by atoms with van der Waals surface area (Å²) in [5.74, 6) is -0.00127. The molecule has 5 N–H and O–H groups in total. The quantitative estimate of drug-likeness (QED) is 0.0956. The van der Waals surface area contributed by atoms with Gasteiger partial charge in [0.05, 0.1) is 32.3 Å². The molecule has 0 saturated heterocycles. The lowest BCUT2D eigenvalue weighted by molar-refractivity contribution is -0.869. The van der Waals surface area contributed by atoms with Crippen molar-refractivity contribution in [3.05, 3.63) is 12.3 Å². The zero-order valence-corrected chi connectivity index (χ0v) is 29.3. The maximum Gasteiger partial charge on any atom is 0.279 e. The Morgan fingerprint density at radius 2 is 1.57 bits per heavy atom. The Bertz CT molecular complexity index is 701. The molecule has 0 rings (SSSR count). The molecule has 42 heavy (non-hydrogen) atoms. The number of carbonyl (C=O) groups excluding carboxylic acids is 4. The minimum atomic E-state index is -0.315. The van der Waals surface area contributed by atoms with Crippen LogP contribution in [0.3, 0.4) is 0 Å². The van der Waals surface area contributed by atoms with Gasteiger partial charge in [0, 0.05) is 24.3 Å². The molecule has 0 aromatic rings. The summed E-state index contributed by atoms with van der Waals surface area (Å²) in [6, 6.07) is -0.113. The van der Waals surface area contributed by atoms with Gasteiger partial charge < -0.3 is 30.9 Å². The highest BCUT2D eigenvalue weighted by Crippen LogP contribution is 2.10. The van der Waals surface area contributed by atoms with Gasteiger partial charge in [-0.05, 0) is 66.8 Å². The number of unbranched alkanes of at least 4 members (excludes halogenated alkanes) is 1. The van der Waals surface area contributed by atoms with Gasteiger partial charge >= 0.3 is 0 Å². The first kappa shape index (κ1) is 46.7. The second-order valence-corrected chi connectivity index (χ2v) is 10.2. The van der Waals surface area contributed by atoms with E-state index in [1.54, 1.807) is 14.0 Å². The first-order valence-electron chi connectivity index (χ1n) is 16.0. The number of rotatable bonds is 22. The van der Waals surface area contributed by atoms with Crippen molar-refractivity contribution in [3.8, 4) is 0 Å². The molecule has 3 atom stereocenters. The summed E-state index contributed by atoms with van der Waals surface area (Å²) < 4.78 is 5.74. The van der Waals surface area contributed by atoms with Crippen molar-refractivity contribution in [2.75, 3.05) is 40.3 Å². The molecule has 0 bridgehead atoms. The number of Topliss-reactive ketones (excluding diaryl/α,β-unsaturated/α-hetero) is 1. The molecule has 10 heteroatoms. The summed E-state index contributed by atoms with van der Waals surface area (Å²) in [4.78, 5) is 47.3. The number of nitrogens with one attached hydrogen (secondary N) is 5. The highest BCUT2D eigenvalue weighted by Gasteiger charge is 2.17. The summed E-state index contributed by atoms with van der Waals surface area (Å²) in [7, 11) is 3.69. The van der Waals surface area contributed by atoms with Crippen LogP contribution in [0.5, 0.6) is 0 Å². The van der Waals surface area contributed by atoms with E-state index in [0.717, 1.165) is 24.2 Å². The largest absolute Gasteiger partial charge is 0.378 e. The van der Waals surface area contributed by atoms with Crippen molar-refractivity contribution < 1.29 is 28.8 Å². The van der Waals surface area contributed by atoms with Gasteiger partial charge in [0.2, 0.25) is 12.3 Å². The van der Waals surface area contributed by atoms with Gasteiger partial charge in [-0.15, -0.1) is 0 Å². The van der Waals surface area contributed by atoms with Crippen LogP contribution in [0.25, 0.3) is 0 Å². The lowest BCUT2D eigenvalue weighted by atomic mass is 10.0. The SMILES string of the molecule is C=C(CCCCC(NC)C(C)=O)NC(=O)C[NH+](C)CCNC(=O)CCC(C)OCCC(C)(C)NC=O.CC.CC.CC. The first-order chi connectivity index (χ1) is 19.9. The Balaban J connectivity index is -0.00000112. The van der Waals surface area contributed by atoms with Crippen LogP contribution >= 0.6 is 0 Å². The molecule has 0 radical (unpaired) electrons. The van der Waals surface area contributed by atoms with Crippen LogP contribution < -0.4 is 26.2 Å². The van der Waals surface area contributed by atoms with Crippen molar-refractivity contribution in [2.24, 2.45) is 0 Å². The van der Waals surface area contributed by atoms with Crippen LogP contribution in [-0.2, 0) is 23.9 Å². The van der Waals surface area contributed by atoms with E-state index in [1.807, 2.05) is 69.4 Å². The highest BCUT2D eigenvalue weighted by atomic mass is 16.5. The Hall–Kier alpha value is -2.30.